The van der Waals surface area contributed by atoms with Gasteiger partial charge in [0.15, 0.2) is 0 Å². The summed E-state index contributed by atoms with van der Waals surface area (Å²) in [5.74, 6) is -0.402. The minimum Gasteiger partial charge on any atom is -0.508 e. The number of hydrogen-bond acceptors (Lipinski definition) is 5. The second-order valence-corrected chi connectivity index (χ2v) is 5.95. The summed E-state index contributed by atoms with van der Waals surface area (Å²) in [4.78, 5) is 11.7. The molecule has 0 aliphatic rings. The second kappa shape index (κ2) is 5.92. The molecule has 8 nitrogen and oxygen atoms in total. The van der Waals surface area contributed by atoms with Crippen LogP contribution in [0.3, 0.4) is 0 Å². The number of hydrogen-bond donors (Lipinski definition) is 5. The Morgan fingerprint density at radius 2 is 1.41 bits per heavy atom. The van der Waals surface area contributed by atoms with Gasteiger partial charge in [-0.3, -0.25) is 0 Å². The summed E-state index contributed by atoms with van der Waals surface area (Å²) >= 11 is 0. The third kappa shape index (κ3) is 4.11. The van der Waals surface area contributed by atoms with Gasteiger partial charge in [0.05, 0.1) is 4.90 Å². The van der Waals surface area contributed by atoms with Gasteiger partial charge in [-0.05, 0) is 24.3 Å². The fourth-order valence-electron chi connectivity index (χ4n) is 1.69. The molecular weight excluding hydrogens is 310 g/mol. The molecule has 0 aromatic heterocycles. The monoisotopic (exact) mass is 323 g/mol. The van der Waals surface area contributed by atoms with Gasteiger partial charge in [-0.15, -0.1) is 0 Å². The zero-order chi connectivity index (χ0) is 16.3. The Kier molecular flexibility index (Phi) is 4.20. The molecule has 116 valence electrons. The molecule has 2 amide bonds. The van der Waals surface area contributed by atoms with Gasteiger partial charge in [-0.25, -0.2) is 18.4 Å². The molecular formula is C13H13N3O5S. The van der Waals surface area contributed by atoms with Crippen LogP contribution >= 0.6 is 0 Å². The summed E-state index contributed by atoms with van der Waals surface area (Å²) in [6.07, 6.45) is 0. The van der Waals surface area contributed by atoms with Gasteiger partial charge in [-0.2, -0.15) is 0 Å². The molecule has 0 radical (unpaired) electrons. The minimum absolute atomic E-state index is 0.0728. The van der Waals surface area contributed by atoms with E-state index in [9.17, 15) is 23.4 Å². The van der Waals surface area contributed by atoms with Crippen molar-refractivity contribution in [1.29, 1.82) is 0 Å². The summed E-state index contributed by atoms with van der Waals surface area (Å²) in [5, 5.41) is 28.4. The van der Waals surface area contributed by atoms with Gasteiger partial charge >= 0.3 is 6.03 Å². The Bertz CT molecular complexity index is 783. The molecule has 2 aromatic rings. The van der Waals surface area contributed by atoms with E-state index >= 15 is 0 Å². The molecule has 2 aromatic carbocycles. The van der Waals surface area contributed by atoms with Crippen molar-refractivity contribution in [3.05, 3.63) is 42.5 Å². The maximum atomic E-state index is 11.8. The SMILES string of the molecule is NS(=O)(=O)c1ccc(NC(=O)Nc2cc(O)cc(O)c2)cc1. The smallest absolute Gasteiger partial charge is 0.323 e. The van der Waals surface area contributed by atoms with Gasteiger partial charge in [0, 0.05) is 29.6 Å². The van der Waals surface area contributed by atoms with E-state index in [0.29, 0.717) is 5.69 Å². The number of anilines is 2. The third-order valence-corrected chi connectivity index (χ3v) is 3.53. The molecule has 0 spiro atoms. The highest BCUT2D eigenvalue weighted by Crippen LogP contribution is 2.24. The lowest BCUT2D eigenvalue weighted by Gasteiger charge is -2.09. The van der Waals surface area contributed by atoms with Crippen molar-refractivity contribution in [2.75, 3.05) is 10.6 Å². The number of amides is 2. The predicted octanol–water partition coefficient (Wildman–Crippen LogP) is 1.39. The molecule has 0 saturated carbocycles. The number of carbonyl (C=O) groups is 1. The lowest BCUT2D eigenvalue weighted by molar-refractivity contribution is 0.262. The number of nitrogens with two attached hydrogens (primary N) is 1. The van der Waals surface area contributed by atoms with Crippen LogP contribution in [0.25, 0.3) is 0 Å². The quantitative estimate of drug-likeness (QED) is 0.580. The second-order valence-electron chi connectivity index (χ2n) is 4.39. The summed E-state index contributed by atoms with van der Waals surface area (Å²) in [6, 6.07) is 8.25. The maximum absolute atomic E-state index is 11.8. The summed E-state index contributed by atoms with van der Waals surface area (Å²) < 4.78 is 22.2. The van der Waals surface area contributed by atoms with Crippen molar-refractivity contribution in [2.24, 2.45) is 5.14 Å². The summed E-state index contributed by atoms with van der Waals surface area (Å²) in [5.41, 5.74) is 0.533. The normalized spacial score (nSPS) is 11.0. The molecule has 0 bridgehead atoms. The van der Waals surface area contributed by atoms with Gasteiger partial charge < -0.3 is 20.8 Å². The molecule has 0 unspecified atom stereocenters. The van der Waals surface area contributed by atoms with Crippen LogP contribution in [0.2, 0.25) is 0 Å². The lowest BCUT2D eigenvalue weighted by Crippen LogP contribution is -2.19. The molecule has 2 rings (SSSR count). The van der Waals surface area contributed by atoms with Gasteiger partial charge in [0.1, 0.15) is 11.5 Å². The Labute approximate surface area is 126 Å². The standard InChI is InChI=1S/C13H13N3O5S/c14-22(20,21)12-3-1-8(2-4-12)15-13(19)16-9-5-10(17)7-11(18)6-9/h1-7,17-18H,(H2,14,20,21)(H2,15,16,19). The Morgan fingerprint density at radius 1 is 0.909 bits per heavy atom. The average molecular weight is 323 g/mol. The van der Waals surface area contributed by atoms with Crippen molar-refractivity contribution >= 4 is 27.4 Å². The van der Waals surface area contributed by atoms with Crippen LogP contribution in [0.15, 0.2) is 47.4 Å². The molecule has 0 fully saturated rings. The highest BCUT2D eigenvalue weighted by Gasteiger charge is 2.08. The van der Waals surface area contributed by atoms with Crippen LogP contribution in [0, 0.1) is 0 Å². The van der Waals surface area contributed by atoms with E-state index in [-0.39, 0.29) is 22.1 Å². The van der Waals surface area contributed by atoms with Crippen molar-refractivity contribution in [2.45, 2.75) is 4.90 Å². The largest absolute Gasteiger partial charge is 0.508 e. The van der Waals surface area contributed by atoms with Crippen LogP contribution in [-0.4, -0.2) is 24.7 Å². The Balaban J connectivity index is 2.06. The summed E-state index contributed by atoms with van der Waals surface area (Å²) in [6.45, 7) is 0. The van der Waals surface area contributed by atoms with E-state index in [1.807, 2.05) is 0 Å². The number of primary sulfonamides is 1. The third-order valence-electron chi connectivity index (χ3n) is 2.60. The molecule has 22 heavy (non-hydrogen) atoms. The van der Waals surface area contributed by atoms with Gasteiger partial charge in [0.2, 0.25) is 10.0 Å². The number of carbonyl (C=O) groups excluding carboxylic acids is 1. The van der Waals surface area contributed by atoms with Crippen LogP contribution in [0.4, 0.5) is 16.2 Å². The van der Waals surface area contributed by atoms with Crippen molar-refractivity contribution in [3.63, 3.8) is 0 Å². The van der Waals surface area contributed by atoms with Crippen molar-refractivity contribution in [1.82, 2.24) is 0 Å². The fraction of sp³-hybridized carbons (Fsp3) is 0. The predicted molar refractivity (Wildman–Crippen MR) is 80.2 cm³/mol. The zero-order valence-electron chi connectivity index (χ0n) is 11.1. The fourth-order valence-corrected chi connectivity index (χ4v) is 2.20. The first-order chi connectivity index (χ1) is 10.2. The number of phenols is 2. The van der Waals surface area contributed by atoms with Crippen molar-refractivity contribution in [3.8, 4) is 11.5 Å². The van der Waals surface area contributed by atoms with E-state index < -0.39 is 16.1 Å². The number of urea groups is 1. The molecule has 0 aliphatic carbocycles. The van der Waals surface area contributed by atoms with E-state index in [2.05, 4.69) is 10.6 Å². The van der Waals surface area contributed by atoms with Crippen LogP contribution in [0.1, 0.15) is 0 Å². The number of rotatable bonds is 3. The van der Waals surface area contributed by atoms with Crippen molar-refractivity contribution < 1.29 is 23.4 Å². The average Bonchev–Trinajstić information content (AvgIpc) is 2.36. The molecule has 0 aliphatic heterocycles. The number of benzene rings is 2. The Morgan fingerprint density at radius 3 is 1.91 bits per heavy atom. The van der Waals surface area contributed by atoms with E-state index in [1.165, 1.54) is 36.4 Å². The van der Waals surface area contributed by atoms with E-state index in [0.717, 1.165) is 6.07 Å². The van der Waals surface area contributed by atoms with Crippen LogP contribution in [0.5, 0.6) is 11.5 Å². The first kappa shape index (κ1) is 15.6. The number of nitrogens with one attached hydrogen (secondary N) is 2. The lowest BCUT2D eigenvalue weighted by atomic mass is 10.3. The molecule has 9 heteroatoms. The maximum Gasteiger partial charge on any atom is 0.323 e. The number of aromatic hydroxyl groups is 2. The topological polar surface area (TPSA) is 142 Å². The number of sulfonamides is 1. The first-order valence-electron chi connectivity index (χ1n) is 5.98. The highest BCUT2D eigenvalue weighted by molar-refractivity contribution is 7.89. The molecule has 0 saturated heterocycles. The molecule has 6 N–H and O–H groups in total. The molecule has 0 heterocycles. The van der Waals surface area contributed by atoms with Crippen LogP contribution in [-0.2, 0) is 10.0 Å². The van der Waals surface area contributed by atoms with E-state index in [4.69, 9.17) is 5.14 Å². The first-order valence-corrected chi connectivity index (χ1v) is 7.52. The highest BCUT2D eigenvalue weighted by atomic mass is 32.2. The van der Waals surface area contributed by atoms with Crippen LogP contribution < -0.4 is 15.8 Å². The Hall–Kier alpha value is -2.78. The molecule has 0 atom stereocenters. The summed E-state index contributed by atoms with van der Waals surface area (Å²) in [7, 11) is -3.79. The minimum atomic E-state index is -3.79. The van der Waals surface area contributed by atoms with E-state index in [1.54, 1.807) is 0 Å². The number of phenolic OH excluding ortho intramolecular Hbond substituents is 2. The van der Waals surface area contributed by atoms with Gasteiger partial charge in [-0.1, -0.05) is 0 Å². The van der Waals surface area contributed by atoms with Gasteiger partial charge in [0.25, 0.3) is 0 Å². The zero-order valence-corrected chi connectivity index (χ0v) is 12.0.